The molecule has 24 heavy (non-hydrogen) atoms. The minimum Gasteiger partial charge on any atom is -0.325 e. The van der Waals surface area contributed by atoms with E-state index in [-0.39, 0.29) is 11.8 Å². The van der Waals surface area contributed by atoms with Gasteiger partial charge in [0.25, 0.3) is 0 Å². The molecule has 1 saturated carbocycles. The van der Waals surface area contributed by atoms with E-state index in [1.807, 2.05) is 56.3 Å². The summed E-state index contributed by atoms with van der Waals surface area (Å²) in [6, 6.07) is 13.2. The third-order valence-electron chi connectivity index (χ3n) is 4.32. The fourth-order valence-electron chi connectivity index (χ4n) is 2.58. The first-order valence-electron chi connectivity index (χ1n) is 7.86. The summed E-state index contributed by atoms with van der Waals surface area (Å²) in [6.07, 6.45) is 1.15. The number of rotatable bonds is 4. The van der Waals surface area contributed by atoms with E-state index >= 15 is 0 Å². The topological polar surface area (TPSA) is 58.2 Å². The molecule has 1 fully saturated rings. The molecule has 2 aromatic carbocycles. The Morgan fingerprint density at radius 3 is 2.12 bits per heavy atom. The molecule has 2 aromatic rings. The van der Waals surface area contributed by atoms with Crippen molar-refractivity contribution in [3.63, 3.8) is 0 Å². The Morgan fingerprint density at radius 2 is 1.58 bits per heavy atom. The lowest BCUT2D eigenvalue weighted by Crippen LogP contribution is -2.35. The standard InChI is InChI=1S/C19H19BrN2O2/c1-12-4-3-5-14(10-12)21-17(23)19(8-9-19)18(24)22-15-7-6-13(2)16(20)11-15/h3-7,10-11H,8-9H2,1-2H3,(H,21,23)(H,22,24). The van der Waals surface area contributed by atoms with Crippen LogP contribution in [0.15, 0.2) is 46.9 Å². The normalized spacial score (nSPS) is 14.8. The summed E-state index contributed by atoms with van der Waals surface area (Å²) in [6.45, 7) is 3.94. The second kappa shape index (κ2) is 6.40. The van der Waals surface area contributed by atoms with Crippen LogP contribution >= 0.6 is 15.9 Å². The first-order chi connectivity index (χ1) is 11.4. The maximum absolute atomic E-state index is 12.6. The highest BCUT2D eigenvalue weighted by Gasteiger charge is 2.56. The highest BCUT2D eigenvalue weighted by molar-refractivity contribution is 9.10. The molecule has 0 saturated heterocycles. The molecule has 0 spiro atoms. The van der Waals surface area contributed by atoms with Gasteiger partial charge in [0.15, 0.2) is 0 Å². The summed E-state index contributed by atoms with van der Waals surface area (Å²) in [7, 11) is 0. The van der Waals surface area contributed by atoms with Crippen LogP contribution in [0, 0.1) is 19.3 Å². The van der Waals surface area contributed by atoms with Crippen molar-refractivity contribution in [2.75, 3.05) is 10.6 Å². The minimum absolute atomic E-state index is 0.239. The summed E-state index contributed by atoms with van der Waals surface area (Å²) in [4.78, 5) is 25.2. The van der Waals surface area contributed by atoms with Gasteiger partial charge in [-0.25, -0.2) is 0 Å². The number of hydrogen-bond acceptors (Lipinski definition) is 2. The second-order valence-corrected chi connectivity index (χ2v) is 7.18. The average Bonchev–Trinajstić information content (AvgIpc) is 3.33. The van der Waals surface area contributed by atoms with Crippen molar-refractivity contribution in [1.82, 2.24) is 0 Å². The molecule has 4 nitrogen and oxygen atoms in total. The van der Waals surface area contributed by atoms with E-state index in [1.165, 1.54) is 0 Å². The molecule has 0 bridgehead atoms. The van der Waals surface area contributed by atoms with Crippen LogP contribution in [0.25, 0.3) is 0 Å². The first kappa shape index (κ1) is 16.7. The maximum Gasteiger partial charge on any atom is 0.240 e. The number of halogens is 1. The molecular weight excluding hydrogens is 368 g/mol. The lowest BCUT2D eigenvalue weighted by atomic mass is 10.0. The second-order valence-electron chi connectivity index (χ2n) is 6.32. The number of hydrogen-bond donors (Lipinski definition) is 2. The van der Waals surface area contributed by atoms with E-state index < -0.39 is 5.41 Å². The van der Waals surface area contributed by atoms with Gasteiger partial charge < -0.3 is 10.6 Å². The van der Waals surface area contributed by atoms with Crippen molar-refractivity contribution in [2.24, 2.45) is 5.41 Å². The smallest absolute Gasteiger partial charge is 0.240 e. The Balaban J connectivity index is 1.71. The van der Waals surface area contributed by atoms with Gasteiger partial charge in [-0.15, -0.1) is 0 Å². The quantitative estimate of drug-likeness (QED) is 0.763. The molecule has 2 N–H and O–H groups in total. The molecule has 1 aliphatic carbocycles. The highest BCUT2D eigenvalue weighted by Crippen LogP contribution is 2.47. The summed E-state index contributed by atoms with van der Waals surface area (Å²) >= 11 is 3.45. The predicted molar refractivity (Wildman–Crippen MR) is 99.0 cm³/mol. The van der Waals surface area contributed by atoms with E-state index in [0.717, 1.165) is 21.3 Å². The number of benzene rings is 2. The Bertz CT molecular complexity index is 813. The van der Waals surface area contributed by atoms with E-state index in [2.05, 4.69) is 26.6 Å². The van der Waals surface area contributed by atoms with Crippen molar-refractivity contribution in [3.8, 4) is 0 Å². The molecule has 2 amide bonds. The number of aryl methyl sites for hydroxylation is 2. The Hall–Kier alpha value is -2.14. The van der Waals surface area contributed by atoms with Crippen molar-refractivity contribution >= 4 is 39.1 Å². The SMILES string of the molecule is Cc1cccc(NC(=O)C2(C(=O)Nc3ccc(C)c(Br)c3)CC2)c1. The molecule has 5 heteroatoms. The van der Waals surface area contributed by atoms with Crippen LogP contribution in [0.5, 0.6) is 0 Å². The number of carbonyl (C=O) groups is 2. The van der Waals surface area contributed by atoms with Crippen LogP contribution in [0.4, 0.5) is 11.4 Å². The molecular formula is C19H19BrN2O2. The van der Waals surface area contributed by atoms with E-state index in [1.54, 1.807) is 0 Å². The highest BCUT2D eigenvalue weighted by atomic mass is 79.9. The lowest BCUT2D eigenvalue weighted by molar-refractivity contribution is -0.131. The average molecular weight is 387 g/mol. The molecule has 0 unspecified atom stereocenters. The van der Waals surface area contributed by atoms with Gasteiger partial charge in [0.2, 0.25) is 11.8 Å². The molecule has 0 heterocycles. The van der Waals surface area contributed by atoms with E-state index in [9.17, 15) is 9.59 Å². The largest absolute Gasteiger partial charge is 0.325 e. The van der Waals surface area contributed by atoms with Gasteiger partial charge in [0.1, 0.15) is 5.41 Å². The van der Waals surface area contributed by atoms with Gasteiger partial charge in [-0.3, -0.25) is 9.59 Å². The number of amides is 2. The van der Waals surface area contributed by atoms with Crippen LogP contribution in [0.3, 0.4) is 0 Å². The monoisotopic (exact) mass is 386 g/mol. The summed E-state index contributed by atoms with van der Waals surface area (Å²) in [5, 5.41) is 5.72. The number of anilines is 2. The maximum atomic E-state index is 12.6. The Labute approximate surface area is 149 Å². The molecule has 1 aliphatic rings. The molecule has 0 aliphatic heterocycles. The third kappa shape index (κ3) is 3.36. The van der Waals surface area contributed by atoms with Gasteiger partial charge >= 0.3 is 0 Å². The van der Waals surface area contributed by atoms with Crippen LogP contribution in [-0.4, -0.2) is 11.8 Å². The van der Waals surface area contributed by atoms with Crippen molar-refractivity contribution in [2.45, 2.75) is 26.7 Å². The first-order valence-corrected chi connectivity index (χ1v) is 8.66. The minimum atomic E-state index is -0.957. The zero-order valence-corrected chi connectivity index (χ0v) is 15.2. The van der Waals surface area contributed by atoms with Gasteiger partial charge in [0.05, 0.1) is 0 Å². The van der Waals surface area contributed by atoms with Crippen LogP contribution in [0.1, 0.15) is 24.0 Å². The fraction of sp³-hybridized carbons (Fsp3) is 0.263. The molecule has 0 atom stereocenters. The third-order valence-corrected chi connectivity index (χ3v) is 5.18. The number of carbonyl (C=O) groups excluding carboxylic acids is 2. The Kier molecular flexibility index (Phi) is 4.45. The van der Waals surface area contributed by atoms with Gasteiger partial charge in [-0.05, 0) is 62.1 Å². The molecule has 0 radical (unpaired) electrons. The number of nitrogens with one attached hydrogen (secondary N) is 2. The van der Waals surface area contributed by atoms with Gasteiger partial charge in [0, 0.05) is 15.8 Å². The molecule has 0 aromatic heterocycles. The summed E-state index contributed by atoms with van der Waals surface area (Å²) < 4.78 is 0.925. The van der Waals surface area contributed by atoms with Gasteiger partial charge in [-0.1, -0.05) is 34.1 Å². The fourth-order valence-corrected chi connectivity index (χ4v) is 2.96. The van der Waals surface area contributed by atoms with Crippen LogP contribution in [0.2, 0.25) is 0 Å². The van der Waals surface area contributed by atoms with E-state index in [4.69, 9.17) is 0 Å². The summed E-state index contributed by atoms with van der Waals surface area (Å²) in [5.74, 6) is -0.486. The molecule has 124 valence electrons. The van der Waals surface area contributed by atoms with Crippen molar-refractivity contribution in [1.29, 1.82) is 0 Å². The van der Waals surface area contributed by atoms with Crippen molar-refractivity contribution in [3.05, 3.63) is 58.1 Å². The zero-order chi connectivity index (χ0) is 17.3. The zero-order valence-electron chi connectivity index (χ0n) is 13.7. The predicted octanol–water partition coefficient (Wildman–Crippen LogP) is 4.42. The Morgan fingerprint density at radius 1 is 0.958 bits per heavy atom. The molecule has 3 rings (SSSR count). The van der Waals surface area contributed by atoms with Crippen LogP contribution < -0.4 is 10.6 Å². The van der Waals surface area contributed by atoms with Crippen molar-refractivity contribution < 1.29 is 9.59 Å². The summed E-state index contributed by atoms with van der Waals surface area (Å²) in [5.41, 5.74) is 2.60. The van der Waals surface area contributed by atoms with Gasteiger partial charge in [-0.2, -0.15) is 0 Å². The lowest BCUT2D eigenvalue weighted by Gasteiger charge is -2.16. The van der Waals surface area contributed by atoms with Crippen LogP contribution in [-0.2, 0) is 9.59 Å². The van der Waals surface area contributed by atoms with E-state index in [0.29, 0.717) is 18.5 Å².